The largest absolute Gasteiger partial charge is 0.493 e. The van der Waals surface area contributed by atoms with Crippen molar-refractivity contribution in [2.24, 2.45) is 7.05 Å². The van der Waals surface area contributed by atoms with Gasteiger partial charge in [0.25, 0.3) is 0 Å². The first-order valence-electron chi connectivity index (χ1n) is 12.2. The van der Waals surface area contributed by atoms with Crippen LogP contribution in [-0.4, -0.2) is 29.9 Å². The number of fused-ring (bicyclic) bond motifs is 1. The van der Waals surface area contributed by atoms with Crippen molar-refractivity contribution in [2.45, 2.75) is 51.5 Å². The van der Waals surface area contributed by atoms with Crippen LogP contribution in [0.1, 0.15) is 50.0 Å². The lowest BCUT2D eigenvalue weighted by Gasteiger charge is -2.31. The normalized spacial score (nSPS) is 14.4. The third-order valence-electron chi connectivity index (χ3n) is 6.29. The summed E-state index contributed by atoms with van der Waals surface area (Å²) in [5, 5.41) is 0. The van der Waals surface area contributed by atoms with Crippen LogP contribution in [0.3, 0.4) is 0 Å². The van der Waals surface area contributed by atoms with Gasteiger partial charge in [0, 0.05) is 24.9 Å². The number of hydrogen-bond donors (Lipinski definition) is 0. The first-order chi connectivity index (χ1) is 17.8. The van der Waals surface area contributed by atoms with Crippen molar-refractivity contribution in [3.8, 4) is 28.0 Å². The minimum atomic E-state index is -4.79. The maximum atomic E-state index is 14.6. The van der Waals surface area contributed by atoms with E-state index in [2.05, 4.69) is 0 Å². The van der Waals surface area contributed by atoms with Crippen molar-refractivity contribution >= 4 is 5.97 Å². The molecule has 0 aliphatic carbocycles. The van der Waals surface area contributed by atoms with Crippen LogP contribution in [-0.2, 0) is 33.9 Å². The summed E-state index contributed by atoms with van der Waals surface area (Å²) in [6.07, 6.45) is -3.44. The fourth-order valence-corrected chi connectivity index (χ4v) is 4.65. The predicted octanol–water partition coefficient (Wildman–Crippen LogP) is 6.09. The number of aryl methyl sites for hydroxylation is 2. The Morgan fingerprint density at radius 1 is 1.05 bits per heavy atom. The average molecular weight is 530 g/mol. The molecule has 0 saturated heterocycles. The number of halogens is 3. The number of alkyl halides is 3. The molecule has 9 heteroatoms. The number of pyridine rings is 1. The zero-order chi connectivity index (χ0) is 27.8. The fraction of sp³-hybridized carbons (Fsp3) is 0.379. The van der Waals surface area contributed by atoms with Gasteiger partial charge in [-0.15, -0.1) is 0 Å². The molecule has 1 atom stereocenters. The first-order valence-corrected chi connectivity index (χ1v) is 12.2. The topological polar surface area (TPSA) is 66.8 Å². The summed E-state index contributed by atoms with van der Waals surface area (Å²) in [6, 6.07) is 10.4. The molecule has 1 aromatic heterocycles. The van der Waals surface area contributed by atoms with E-state index in [4.69, 9.17) is 14.2 Å². The maximum absolute atomic E-state index is 14.6. The molecule has 0 amide bonds. The van der Waals surface area contributed by atoms with Gasteiger partial charge in [0.1, 0.15) is 5.75 Å². The highest BCUT2D eigenvalue weighted by molar-refractivity contribution is 5.91. The molecule has 0 spiro atoms. The second-order valence-electron chi connectivity index (χ2n) is 10.2. The molecule has 0 bridgehead atoms. The van der Waals surface area contributed by atoms with Gasteiger partial charge < -0.3 is 18.8 Å². The van der Waals surface area contributed by atoms with E-state index < -0.39 is 29.4 Å². The molecule has 1 aliphatic heterocycles. The minimum absolute atomic E-state index is 0.173. The van der Waals surface area contributed by atoms with Gasteiger partial charge >= 0.3 is 12.1 Å². The van der Waals surface area contributed by atoms with Gasteiger partial charge in [-0.3, -0.25) is 4.79 Å². The standard InChI is InChI=1S/C29H30F3NO5/c1-28(2,3)38-26(27(35)36-5)25-21(29(30,31)32)11-10-20(19-9-13-23(34)33(4)16-19)24(25)18-8-12-22-17(15-18)7-6-14-37-22/h8-13,15-16,26H,6-7,14H2,1-5H3. The molecule has 0 saturated carbocycles. The Morgan fingerprint density at radius 3 is 2.39 bits per heavy atom. The van der Waals surface area contributed by atoms with E-state index >= 15 is 0 Å². The average Bonchev–Trinajstić information content (AvgIpc) is 2.86. The number of nitrogens with zero attached hydrogens (tertiary/aromatic N) is 1. The molecule has 1 unspecified atom stereocenters. The Bertz CT molecular complexity index is 1420. The summed E-state index contributed by atoms with van der Waals surface area (Å²) in [5.41, 5.74) is -0.187. The summed E-state index contributed by atoms with van der Waals surface area (Å²) in [4.78, 5) is 25.1. The molecule has 38 heavy (non-hydrogen) atoms. The van der Waals surface area contributed by atoms with Gasteiger partial charge in [0.2, 0.25) is 5.56 Å². The van der Waals surface area contributed by atoms with E-state index in [1.807, 2.05) is 0 Å². The molecule has 2 aromatic carbocycles. The number of benzene rings is 2. The number of methoxy groups -OCH3 is 1. The van der Waals surface area contributed by atoms with Gasteiger partial charge in [-0.25, -0.2) is 4.79 Å². The molecule has 3 aromatic rings. The van der Waals surface area contributed by atoms with Crippen molar-refractivity contribution in [2.75, 3.05) is 13.7 Å². The monoisotopic (exact) mass is 529 g/mol. The zero-order valence-corrected chi connectivity index (χ0v) is 21.9. The maximum Gasteiger partial charge on any atom is 0.416 e. The molecule has 1 aliphatic rings. The quantitative estimate of drug-likeness (QED) is 0.374. The highest BCUT2D eigenvalue weighted by Gasteiger charge is 2.42. The first kappa shape index (κ1) is 27.4. The zero-order valence-electron chi connectivity index (χ0n) is 21.9. The van der Waals surface area contributed by atoms with Gasteiger partial charge in [-0.2, -0.15) is 13.2 Å². The van der Waals surface area contributed by atoms with Gasteiger partial charge in [0.15, 0.2) is 6.10 Å². The van der Waals surface area contributed by atoms with Crippen LogP contribution in [0.15, 0.2) is 53.5 Å². The van der Waals surface area contributed by atoms with E-state index in [0.717, 1.165) is 25.2 Å². The Kier molecular flexibility index (Phi) is 7.43. The van der Waals surface area contributed by atoms with Gasteiger partial charge in [-0.05, 0) is 85.7 Å². The summed E-state index contributed by atoms with van der Waals surface area (Å²) >= 11 is 0. The van der Waals surface area contributed by atoms with Crippen molar-refractivity contribution in [1.82, 2.24) is 4.57 Å². The lowest BCUT2D eigenvalue weighted by Crippen LogP contribution is -2.30. The van der Waals surface area contributed by atoms with Crippen LogP contribution in [0, 0.1) is 0 Å². The van der Waals surface area contributed by atoms with Crippen molar-refractivity contribution in [1.29, 1.82) is 0 Å². The van der Waals surface area contributed by atoms with Crippen molar-refractivity contribution in [3.63, 3.8) is 0 Å². The van der Waals surface area contributed by atoms with Crippen LogP contribution in [0.2, 0.25) is 0 Å². The number of rotatable bonds is 5. The summed E-state index contributed by atoms with van der Waals surface area (Å²) in [6.45, 7) is 5.53. The SMILES string of the molecule is COC(=O)C(OC(C)(C)C)c1c(C(F)(F)F)ccc(-c2ccc(=O)n(C)c2)c1-c1ccc2c(c1)CCCO2. The third-order valence-corrected chi connectivity index (χ3v) is 6.29. The Labute approximate surface area is 219 Å². The predicted molar refractivity (Wildman–Crippen MR) is 137 cm³/mol. The molecule has 4 rings (SSSR count). The number of esters is 1. The number of ether oxygens (including phenoxy) is 3. The van der Waals surface area contributed by atoms with E-state index in [1.54, 1.807) is 58.3 Å². The van der Waals surface area contributed by atoms with Gasteiger partial charge in [-0.1, -0.05) is 12.1 Å². The second-order valence-corrected chi connectivity index (χ2v) is 10.2. The highest BCUT2D eigenvalue weighted by atomic mass is 19.4. The number of carbonyl (C=O) groups excluding carboxylic acids is 1. The smallest absolute Gasteiger partial charge is 0.416 e. The molecule has 6 nitrogen and oxygen atoms in total. The van der Waals surface area contributed by atoms with Crippen LogP contribution in [0.5, 0.6) is 5.75 Å². The summed E-state index contributed by atoms with van der Waals surface area (Å²) in [7, 11) is 2.67. The number of hydrogen-bond acceptors (Lipinski definition) is 5. The fourth-order valence-electron chi connectivity index (χ4n) is 4.65. The molecule has 202 valence electrons. The van der Waals surface area contributed by atoms with E-state index in [1.165, 1.54) is 16.7 Å². The Hall–Kier alpha value is -3.59. The molecule has 0 N–H and O–H groups in total. The number of carbonyl (C=O) groups is 1. The van der Waals surface area contributed by atoms with E-state index in [-0.39, 0.29) is 16.7 Å². The molecule has 0 radical (unpaired) electrons. The second kappa shape index (κ2) is 10.3. The molecular formula is C29H30F3NO5. The Balaban J connectivity index is 2.14. The molecule has 2 heterocycles. The van der Waals surface area contributed by atoms with Crippen molar-refractivity contribution < 1.29 is 32.2 Å². The molecule has 0 fully saturated rings. The third kappa shape index (κ3) is 5.62. The van der Waals surface area contributed by atoms with Crippen LogP contribution >= 0.6 is 0 Å². The van der Waals surface area contributed by atoms with Crippen LogP contribution < -0.4 is 10.3 Å². The van der Waals surface area contributed by atoms with E-state index in [9.17, 15) is 22.8 Å². The van der Waals surface area contributed by atoms with E-state index in [0.29, 0.717) is 35.5 Å². The van der Waals surface area contributed by atoms with Gasteiger partial charge in [0.05, 0.1) is 24.9 Å². The molecular weight excluding hydrogens is 499 g/mol. The highest BCUT2D eigenvalue weighted by Crippen LogP contribution is 2.47. The lowest BCUT2D eigenvalue weighted by molar-refractivity contribution is -0.166. The van der Waals surface area contributed by atoms with Crippen molar-refractivity contribution in [3.05, 3.63) is 75.7 Å². The Morgan fingerprint density at radius 2 is 1.76 bits per heavy atom. The minimum Gasteiger partial charge on any atom is -0.493 e. The summed E-state index contributed by atoms with van der Waals surface area (Å²) in [5.74, 6) is -0.279. The van der Waals surface area contributed by atoms with Crippen LogP contribution in [0.4, 0.5) is 13.2 Å². The number of aromatic nitrogens is 1. The lowest BCUT2D eigenvalue weighted by atomic mass is 9.84. The van der Waals surface area contributed by atoms with Crippen LogP contribution in [0.25, 0.3) is 22.3 Å². The summed E-state index contributed by atoms with van der Waals surface area (Å²) < 4.78 is 61.6.